The van der Waals surface area contributed by atoms with Gasteiger partial charge in [0, 0.05) is 24.8 Å². The summed E-state index contributed by atoms with van der Waals surface area (Å²) in [5.41, 5.74) is 8.00. The van der Waals surface area contributed by atoms with Crippen molar-refractivity contribution in [3.8, 4) is 0 Å². The molecule has 0 bridgehead atoms. The highest BCUT2D eigenvalue weighted by Gasteiger charge is 2.36. The Kier molecular flexibility index (Phi) is 6.52. The first kappa shape index (κ1) is 19.8. The number of anilines is 1. The van der Waals surface area contributed by atoms with Gasteiger partial charge in [0.25, 0.3) is 0 Å². The second-order valence-corrected chi connectivity index (χ2v) is 8.84. The van der Waals surface area contributed by atoms with Crippen LogP contribution in [-0.2, 0) is 9.59 Å². The Morgan fingerprint density at radius 1 is 1.36 bits per heavy atom. The third-order valence-corrected chi connectivity index (χ3v) is 5.90. The average Bonchev–Trinajstić information content (AvgIpc) is 2.56. The number of rotatable bonds is 5. The van der Waals surface area contributed by atoms with Crippen molar-refractivity contribution in [2.24, 2.45) is 11.1 Å². The van der Waals surface area contributed by atoms with Crippen molar-refractivity contribution in [2.75, 3.05) is 24.2 Å². The van der Waals surface area contributed by atoms with Crippen LogP contribution in [0.3, 0.4) is 0 Å². The van der Waals surface area contributed by atoms with Crippen LogP contribution < -0.4 is 11.1 Å². The van der Waals surface area contributed by atoms with E-state index in [9.17, 15) is 9.59 Å². The number of benzene rings is 1. The first-order valence-electron chi connectivity index (χ1n) is 8.71. The molecule has 1 heterocycles. The molecular weight excluding hydrogens is 334 g/mol. The number of thioether (sulfide) groups is 1. The van der Waals surface area contributed by atoms with Gasteiger partial charge in [-0.05, 0) is 37.8 Å². The van der Waals surface area contributed by atoms with Crippen LogP contribution in [0.5, 0.6) is 0 Å². The Bertz CT molecular complexity index is 616. The van der Waals surface area contributed by atoms with Gasteiger partial charge >= 0.3 is 0 Å². The van der Waals surface area contributed by atoms with E-state index in [0.29, 0.717) is 13.1 Å². The summed E-state index contributed by atoms with van der Waals surface area (Å²) in [6, 6.07) is 7.80. The number of amides is 2. The largest absolute Gasteiger partial charge is 0.341 e. The summed E-state index contributed by atoms with van der Waals surface area (Å²) in [5, 5.41) is 2.62. The van der Waals surface area contributed by atoms with Crippen molar-refractivity contribution >= 4 is 29.3 Å². The Balaban J connectivity index is 1.81. The van der Waals surface area contributed by atoms with Crippen LogP contribution in [0.1, 0.15) is 32.8 Å². The first-order valence-corrected chi connectivity index (χ1v) is 9.76. The number of carbonyl (C=O) groups excluding carboxylic acids is 2. The monoisotopic (exact) mass is 363 g/mol. The van der Waals surface area contributed by atoms with Gasteiger partial charge in [0.1, 0.15) is 0 Å². The van der Waals surface area contributed by atoms with Crippen LogP contribution in [0.2, 0.25) is 0 Å². The molecule has 1 aromatic rings. The second-order valence-electron chi connectivity index (χ2n) is 7.51. The van der Waals surface area contributed by atoms with Crippen LogP contribution in [0.15, 0.2) is 24.3 Å². The van der Waals surface area contributed by atoms with Crippen molar-refractivity contribution in [2.45, 2.75) is 45.4 Å². The maximum Gasteiger partial charge on any atom is 0.235 e. The summed E-state index contributed by atoms with van der Waals surface area (Å²) in [4.78, 5) is 26.6. The molecule has 5 nitrogen and oxygen atoms in total. The van der Waals surface area contributed by atoms with Crippen LogP contribution in [0.4, 0.5) is 5.69 Å². The van der Waals surface area contributed by atoms with E-state index >= 15 is 0 Å². The van der Waals surface area contributed by atoms with Crippen molar-refractivity contribution in [1.29, 1.82) is 0 Å². The maximum atomic E-state index is 12.6. The zero-order chi connectivity index (χ0) is 18.6. The lowest BCUT2D eigenvalue weighted by atomic mass is 9.79. The van der Waals surface area contributed by atoms with Gasteiger partial charge in [0.2, 0.25) is 11.8 Å². The third kappa shape index (κ3) is 5.47. The van der Waals surface area contributed by atoms with Gasteiger partial charge in [-0.2, -0.15) is 0 Å². The predicted octanol–water partition coefficient (Wildman–Crippen LogP) is 2.64. The molecule has 2 atom stereocenters. The second kappa shape index (κ2) is 8.23. The predicted molar refractivity (Wildman–Crippen MR) is 105 cm³/mol. The molecule has 6 heteroatoms. The fourth-order valence-corrected chi connectivity index (χ4v) is 3.69. The number of likely N-dealkylation sites (tertiary alicyclic amines) is 1. The highest BCUT2D eigenvalue weighted by molar-refractivity contribution is 8.01. The minimum atomic E-state index is -0.242. The van der Waals surface area contributed by atoms with E-state index in [1.807, 2.05) is 43.0 Å². The molecule has 2 rings (SSSR count). The van der Waals surface area contributed by atoms with Crippen molar-refractivity contribution in [3.05, 3.63) is 29.8 Å². The Hall–Kier alpha value is -1.53. The molecule has 0 radical (unpaired) electrons. The quantitative estimate of drug-likeness (QED) is 0.843. The van der Waals surface area contributed by atoms with Crippen LogP contribution in [-0.4, -0.2) is 46.8 Å². The van der Waals surface area contributed by atoms with E-state index in [0.717, 1.165) is 17.7 Å². The molecule has 1 aromatic carbocycles. The lowest BCUT2D eigenvalue weighted by Crippen LogP contribution is -2.55. The highest BCUT2D eigenvalue weighted by atomic mass is 32.2. The smallest absolute Gasteiger partial charge is 0.235 e. The molecule has 0 aliphatic carbocycles. The number of hydrogen-bond acceptors (Lipinski definition) is 4. The van der Waals surface area contributed by atoms with Gasteiger partial charge in [-0.1, -0.05) is 31.5 Å². The first-order chi connectivity index (χ1) is 11.7. The third-order valence-electron chi connectivity index (χ3n) is 4.77. The van der Waals surface area contributed by atoms with Gasteiger partial charge < -0.3 is 16.0 Å². The van der Waals surface area contributed by atoms with E-state index in [-0.39, 0.29) is 34.3 Å². The molecule has 0 saturated carbocycles. The molecular formula is C19H29N3O2S. The van der Waals surface area contributed by atoms with Gasteiger partial charge in [-0.15, -0.1) is 11.8 Å². The van der Waals surface area contributed by atoms with Gasteiger partial charge in [-0.25, -0.2) is 0 Å². The number of nitrogens with one attached hydrogen (secondary N) is 1. The summed E-state index contributed by atoms with van der Waals surface area (Å²) in [5.74, 6) is 0.264. The van der Waals surface area contributed by atoms with Crippen LogP contribution in [0.25, 0.3) is 0 Å². The summed E-state index contributed by atoms with van der Waals surface area (Å²) in [6.45, 7) is 9.45. The fraction of sp³-hybridized carbons (Fsp3) is 0.579. The molecule has 0 aromatic heterocycles. The molecule has 2 unspecified atom stereocenters. The molecule has 138 valence electrons. The van der Waals surface area contributed by atoms with Crippen LogP contribution >= 0.6 is 11.8 Å². The number of nitrogens with two attached hydrogens (primary N) is 1. The van der Waals surface area contributed by atoms with E-state index in [1.54, 1.807) is 0 Å². The lowest BCUT2D eigenvalue weighted by Gasteiger charge is -2.43. The van der Waals surface area contributed by atoms with Crippen molar-refractivity contribution in [1.82, 2.24) is 4.90 Å². The Labute approximate surface area is 154 Å². The standard InChI is InChI=1S/C19H29N3O2S/c1-13-5-7-15(8-6-13)21-17(23)11-25-14(2)18(24)22-10-9-16(20)19(3,4)12-22/h5-8,14,16H,9-12,20H2,1-4H3,(H,21,23). The number of aryl methyl sites for hydroxylation is 1. The summed E-state index contributed by atoms with van der Waals surface area (Å²) in [7, 11) is 0. The molecule has 2 amide bonds. The topological polar surface area (TPSA) is 75.4 Å². The molecule has 1 aliphatic rings. The molecule has 25 heavy (non-hydrogen) atoms. The molecule has 1 fully saturated rings. The van der Waals surface area contributed by atoms with Crippen molar-refractivity contribution in [3.63, 3.8) is 0 Å². The maximum absolute atomic E-state index is 12.6. The van der Waals surface area contributed by atoms with Crippen LogP contribution in [0, 0.1) is 12.3 Å². The fourth-order valence-electron chi connectivity index (χ4n) is 2.93. The van der Waals surface area contributed by atoms with E-state index in [4.69, 9.17) is 5.73 Å². The molecule has 3 N–H and O–H groups in total. The zero-order valence-electron chi connectivity index (χ0n) is 15.5. The Morgan fingerprint density at radius 2 is 2.00 bits per heavy atom. The number of carbonyl (C=O) groups is 2. The molecule has 1 aliphatic heterocycles. The van der Waals surface area contributed by atoms with Gasteiger partial charge in [0.05, 0.1) is 11.0 Å². The SMILES string of the molecule is Cc1ccc(NC(=O)CSC(C)C(=O)N2CCC(N)C(C)(C)C2)cc1. The number of nitrogens with zero attached hydrogens (tertiary/aromatic N) is 1. The summed E-state index contributed by atoms with van der Waals surface area (Å²) >= 11 is 1.38. The number of hydrogen-bond donors (Lipinski definition) is 2. The van der Waals surface area contributed by atoms with E-state index in [1.165, 1.54) is 11.8 Å². The minimum Gasteiger partial charge on any atom is -0.341 e. The average molecular weight is 364 g/mol. The van der Waals surface area contributed by atoms with E-state index in [2.05, 4.69) is 19.2 Å². The normalized spacial score (nSPS) is 20.8. The van der Waals surface area contributed by atoms with Crippen molar-refractivity contribution < 1.29 is 9.59 Å². The highest BCUT2D eigenvalue weighted by Crippen LogP contribution is 2.29. The summed E-state index contributed by atoms with van der Waals surface area (Å²) < 4.78 is 0. The molecule has 0 spiro atoms. The number of piperidine rings is 1. The van der Waals surface area contributed by atoms with Gasteiger partial charge in [-0.3, -0.25) is 9.59 Å². The lowest BCUT2D eigenvalue weighted by molar-refractivity contribution is -0.133. The zero-order valence-corrected chi connectivity index (χ0v) is 16.4. The summed E-state index contributed by atoms with van der Waals surface area (Å²) in [6.07, 6.45) is 0.823. The minimum absolute atomic E-state index is 0.0683. The van der Waals surface area contributed by atoms with E-state index < -0.39 is 0 Å². The Morgan fingerprint density at radius 3 is 2.60 bits per heavy atom. The molecule has 1 saturated heterocycles. The van der Waals surface area contributed by atoms with Gasteiger partial charge in [0.15, 0.2) is 0 Å².